The Morgan fingerprint density at radius 1 is 1.32 bits per heavy atom. The lowest BCUT2D eigenvalue weighted by atomic mass is 10.2. The summed E-state index contributed by atoms with van der Waals surface area (Å²) in [5, 5.41) is 11.8. The monoisotopic (exact) mass is 425 g/mol. The SMILES string of the molecule is CCNC(=NCc1ccc(S(N)(=O)=O)s1)NCC(c1ccco1)N1CCCC1. The van der Waals surface area contributed by atoms with Crippen molar-refractivity contribution in [2.45, 2.75) is 36.6 Å². The first-order valence-electron chi connectivity index (χ1n) is 9.38. The Kier molecular flexibility index (Phi) is 7.11. The van der Waals surface area contributed by atoms with Gasteiger partial charge in [0.05, 0.1) is 18.8 Å². The first kappa shape index (κ1) is 20.8. The number of nitrogens with two attached hydrogens (primary N) is 1. The van der Waals surface area contributed by atoms with Crippen LogP contribution >= 0.6 is 11.3 Å². The molecular formula is C18H27N5O3S2. The van der Waals surface area contributed by atoms with Crippen LogP contribution in [0.4, 0.5) is 0 Å². The predicted molar refractivity (Wildman–Crippen MR) is 111 cm³/mol. The molecule has 2 aromatic rings. The highest BCUT2D eigenvalue weighted by molar-refractivity contribution is 7.91. The van der Waals surface area contributed by atoms with Crippen LogP contribution in [0.15, 0.2) is 44.1 Å². The van der Waals surface area contributed by atoms with E-state index in [2.05, 4.69) is 20.5 Å². The second-order valence-corrected chi connectivity index (χ2v) is 9.57. The Hall–Kier alpha value is -1.88. The standard InChI is InChI=1S/C18H27N5O3S2/c1-2-20-18(21-12-14-7-8-17(27-14)28(19,24)25)22-13-15(16-6-5-11-26-16)23-9-3-4-10-23/h5-8,11,15H,2-4,9-10,12-13H2,1H3,(H2,19,24,25)(H2,20,21,22). The fourth-order valence-electron chi connectivity index (χ4n) is 3.23. The zero-order valence-electron chi connectivity index (χ0n) is 15.9. The van der Waals surface area contributed by atoms with Crippen molar-refractivity contribution < 1.29 is 12.8 Å². The molecule has 4 N–H and O–H groups in total. The number of primary sulfonamides is 1. The molecule has 1 unspecified atom stereocenters. The van der Waals surface area contributed by atoms with Gasteiger partial charge >= 0.3 is 0 Å². The zero-order chi connectivity index (χ0) is 20.0. The number of hydrogen-bond donors (Lipinski definition) is 3. The normalized spacial score (nSPS) is 17.0. The van der Waals surface area contributed by atoms with E-state index >= 15 is 0 Å². The molecule has 28 heavy (non-hydrogen) atoms. The molecule has 0 spiro atoms. The molecule has 0 aromatic carbocycles. The summed E-state index contributed by atoms with van der Waals surface area (Å²) in [6.45, 7) is 5.91. The summed E-state index contributed by atoms with van der Waals surface area (Å²) in [7, 11) is -3.66. The topological polar surface area (TPSA) is 113 Å². The van der Waals surface area contributed by atoms with Crippen LogP contribution in [0.1, 0.15) is 36.4 Å². The number of likely N-dealkylation sites (tertiary alicyclic amines) is 1. The number of rotatable bonds is 8. The number of thiophene rings is 1. The van der Waals surface area contributed by atoms with Crippen LogP contribution in [0.25, 0.3) is 0 Å². The third-order valence-electron chi connectivity index (χ3n) is 4.57. The average molecular weight is 426 g/mol. The summed E-state index contributed by atoms with van der Waals surface area (Å²) in [4.78, 5) is 7.84. The van der Waals surface area contributed by atoms with Crippen LogP contribution in [0.3, 0.4) is 0 Å². The van der Waals surface area contributed by atoms with E-state index in [-0.39, 0.29) is 10.3 Å². The van der Waals surface area contributed by atoms with E-state index in [0.29, 0.717) is 19.0 Å². The van der Waals surface area contributed by atoms with Gasteiger partial charge in [0.1, 0.15) is 9.97 Å². The third-order valence-corrected chi connectivity index (χ3v) is 7.08. The van der Waals surface area contributed by atoms with Gasteiger partial charge in [0.25, 0.3) is 0 Å². The quantitative estimate of drug-likeness (QED) is 0.440. The molecule has 3 rings (SSSR count). The van der Waals surface area contributed by atoms with Crippen molar-refractivity contribution in [2.24, 2.45) is 10.1 Å². The molecule has 1 saturated heterocycles. The Morgan fingerprint density at radius 2 is 2.11 bits per heavy atom. The minimum atomic E-state index is -3.66. The zero-order valence-corrected chi connectivity index (χ0v) is 17.6. The molecule has 10 heteroatoms. The van der Waals surface area contributed by atoms with Crippen molar-refractivity contribution in [3.63, 3.8) is 0 Å². The lowest BCUT2D eigenvalue weighted by Crippen LogP contribution is -2.42. The van der Waals surface area contributed by atoms with Gasteiger partial charge in [-0.2, -0.15) is 0 Å². The summed E-state index contributed by atoms with van der Waals surface area (Å²) in [5.74, 6) is 1.63. The van der Waals surface area contributed by atoms with Gasteiger partial charge < -0.3 is 15.1 Å². The summed E-state index contributed by atoms with van der Waals surface area (Å²) < 4.78 is 28.6. The second kappa shape index (κ2) is 9.55. The van der Waals surface area contributed by atoms with Crippen LogP contribution in [0, 0.1) is 0 Å². The van der Waals surface area contributed by atoms with E-state index in [4.69, 9.17) is 9.56 Å². The van der Waals surface area contributed by atoms with Crippen LogP contribution < -0.4 is 15.8 Å². The lowest BCUT2D eigenvalue weighted by Gasteiger charge is -2.26. The molecule has 2 aromatic heterocycles. The highest BCUT2D eigenvalue weighted by Gasteiger charge is 2.25. The molecule has 0 bridgehead atoms. The van der Waals surface area contributed by atoms with Crippen molar-refractivity contribution in [2.75, 3.05) is 26.2 Å². The largest absolute Gasteiger partial charge is 0.468 e. The molecule has 3 heterocycles. The van der Waals surface area contributed by atoms with Crippen molar-refractivity contribution in [1.29, 1.82) is 0 Å². The molecule has 1 aliphatic heterocycles. The Bertz CT molecular complexity index is 871. The molecule has 0 saturated carbocycles. The van der Waals surface area contributed by atoms with Gasteiger partial charge in [-0.3, -0.25) is 4.90 Å². The molecule has 1 aliphatic rings. The van der Waals surface area contributed by atoms with E-state index in [0.717, 1.165) is 41.6 Å². The number of nitrogens with zero attached hydrogens (tertiary/aromatic N) is 2. The highest BCUT2D eigenvalue weighted by Crippen LogP contribution is 2.25. The van der Waals surface area contributed by atoms with Gasteiger partial charge in [0.15, 0.2) is 5.96 Å². The molecule has 0 amide bonds. The third kappa shape index (κ3) is 5.57. The Balaban J connectivity index is 1.65. The van der Waals surface area contributed by atoms with Gasteiger partial charge in [-0.15, -0.1) is 11.3 Å². The van der Waals surface area contributed by atoms with Gasteiger partial charge in [0.2, 0.25) is 10.0 Å². The van der Waals surface area contributed by atoms with Crippen molar-refractivity contribution in [3.8, 4) is 0 Å². The van der Waals surface area contributed by atoms with Gasteiger partial charge in [0, 0.05) is 18.0 Å². The van der Waals surface area contributed by atoms with E-state index in [1.54, 1.807) is 12.3 Å². The van der Waals surface area contributed by atoms with Crippen LogP contribution in [0.5, 0.6) is 0 Å². The minimum absolute atomic E-state index is 0.150. The molecule has 1 atom stereocenters. The number of aliphatic imine (C=N–C) groups is 1. The fraction of sp³-hybridized carbons (Fsp3) is 0.500. The highest BCUT2D eigenvalue weighted by atomic mass is 32.2. The van der Waals surface area contributed by atoms with E-state index in [1.165, 1.54) is 18.9 Å². The fourth-order valence-corrected chi connectivity index (χ4v) is 4.94. The van der Waals surface area contributed by atoms with E-state index in [9.17, 15) is 8.42 Å². The predicted octanol–water partition coefficient (Wildman–Crippen LogP) is 1.88. The number of sulfonamides is 1. The summed E-state index contributed by atoms with van der Waals surface area (Å²) in [5.41, 5.74) is 0. The average Bonchev–Trinajstić information content (AvgIpc) is 3.41. The smallest absolute Gasteiger partial charge is 0.247 e. The Morgan fingerprint density at radius 3 is 2.71 bits per heavy atom. The number of furan rings is 1. The molecular weight excluding hydrogens is 398 g/mol. The van der Waals surface area contributed by atoms with Gasteiger partial charge in [-0.05, 0) is 57.1 Å². The number of hydrogen-bond acceptors (Lipinski definition) is 6. The van der Waals surface area contributed by atoms with Gasteiger partial charge in [-0.25, -0.2) is 18.5 Å². The van der Waals surface area contributed by atoms with Crippen molar-refractivity contribution in [3.05, 3.63) is 41.2 Å². The molecule has 154 valence electrons. The first-order valence-corrected chi connectivity index (χ1v) is 11.7. The molecule has 8 nitrogen and oxygen atoms in total. The summed E-state index contributed by atoms with van der Waals surface area (Å²) in [6.07, 6.45) is 4.11. The molecule has 0 aliphatic carbocycles. The van der Waals surface area contributed by atoms with Crippen LogP contribution in [-0.4, -0.2) is 45.5 Å². The summed E-state index contributed by atoms with van der Waals surface area (Å²) >= 11 is 1.14. The van der Waals surface area contributed by atoms with Crippen molar-refractivity contribution in [1.82, 2.24) is 15.5 Å². The second-order valence-electron chi connectivity index (χ2n) is 6.62. The summed E-state index contributed by atoms with van der Waals surface area (Å²) in [6, 6.07) is 7.34. The maximum atomic E-state index is 11.4. The van der Waals surface area contributed by atoms with Crippen LogP contribution in [0.2, 0.25) is 0 Å². The molecule has 1 fully saturated rings. The lowest BCUT2D eigenvalue weighted by molar-refractivity contribution is 0.215. The maximum Gasteiger partial charge on any atom is 0.247 e. The molecule has 0 radical (unpaired) electrons. The first-order chi connectivity index (χ1) is 13.5. The maximum absolute atomic E-state index is 11.4. The van der Waals surface area contributed by atoms with Crippen molar-refractivity contribution >= 4 is 27.3 Å². The van der Waals surface area contributed by atoms with Gasteiger partial charge in [-0.1, -0.05) is 0 Å². The number of guanidine groups is 1. The van der Waals surface area contributed by atoms with E-state index < -0.39 is 10.0 Å². The number of nitrogens with one attached hydrogen (secondary N) is 2. The Labute approximate surface area is 169 Å². The van der Waals surface area contributed by atoms with E-state index in [1.807, 2.05) is 19.1 Å². The minimum Gasteiger partial charge on any atom is -0.468 e. The van der Waals surface area contributed by atoms with Crippen LogP contribution in [-0.2, 0) is 16.6 Å².